The highest BCUT2D eigenvalue weighted by molar-refractivity contribution is 5.89. The molecule has 0 aliphatic heterocycles. The van der Waals surface area contributed by atoms with E-state index in [1.807, 2.05) is 31.2 Å². The van der Waals surface area contributed by atoms with Gasteiger partial charge in [-0.05, 0) is 36.8 Å². The lowest BCUT2D eigenvalue weighted by atomic mass is 10.0. The standard InChI is InChI=1S/C17H17NO4/c1-11-3-8-16(22-10-17(20)21)15(9-11)13-4-6-14(7-5-13)18-12(2)19/h3-9H,10H2,1-2H3,(H,18,19)(H,20,21). The first kappa shape index (κ1) is 15.6. The summed E-state index contributed by atoms with van der Waals surface area (Å²) < 4.78 is 5.33. The van der Waals surface area contributed by atoms with E-state index in [4.69, 9.17) is 9.84 Å². The predicted octanol–water partition coefficient (Wildman–Crippen LogP) is 3.08. The Morgan fingerprint density at radius 3 is 2.41 bits per heavy atom. The molecule has 0 saturated heterocycles. The van der Waals surface area contributed by atoms with Crippen molar-refractivity contribution in [3.05, 3.63) is 48.0 Å². The molecule has 0 bridgehead atoms. The van der Waals surface area contributed by atoms with E-state index in [9.17, 15) is 9.59 Å². The van der Waals surface area contributed by atoms with Gasteiger partial charge in [-0.3, -0.25) is 4.79 Å². The van der Waals surface area contributed by atoms with Gasteiger partial charge in [-0.15, -0.1) is 0 Å². The first-order chi connectivity index (χ1) is 10.5. The topological polar surface area (TPSA) is 75.6 Å². The zero-order chi connectivity index (χ0) is 16.1. The number of hydrogen-bond donors (Lipinski definition) is 2. The van der Waals surface area contributed by atoms with Gasteiger partial charge in [0.1, 0.15) is 5.75 Å². The third-order valence-corrected chi connectivity index (χ3v) is 3.00. The molecule has 0 atom stereocenters. The van der Waals surface area contributed by atoms with Crippen LogP contribution < -0.4 is 10.1 Å². The van der Waals surface area contributed by atoms with E-state index in [0.717, 1.165) is 16.7 Å². The molecule has 0 radical (unpaired) electrons. The van der Waals surface area contributed by atoms with Gasteiger partial charge in [0, 0.05) is 18.2 Å². The number of benzene rings is 2. The maximum Gasteiger partial charge on any atom is 0.341 e. The number of aryl methyl sites for hydroxylation is 1. The van der Waals surface area contributed by atoms with E-state index in [1.165, 1.54) is 6.92 Å². The highest BCUT2D eigenvalue weighted by Crippen LogP contribution is 2.31. The van der Waals surface area contributed by atoms with Crippen LogP contribution in [0, 0.1) is 6.92 Å². The highest BCUT2D eigenvalue weighted by Gasteiger charge is 2.09. The number of carboxylic acid groups (broad SMARTS) is 1. The Labute approximate surface area is 128 Å². The molecular formula is C17H17NO4. The molecule has 0 aliphatic rings. The molecule has 2 N–H and O–H groups in total. The molecule has 2 rings (SSSR count). The van der Waals surface area contributed by atoms with Crippen LogP contribution in [0.25, 0.3) is 11.1 Å². The third kappa shape index (κ3) is 4.09. The summed E-state index contributed by atoms with van der Waals surface area (Å²) in [6.45, 7) is 3.02. The molecule has 0 saturated carbocycles. The highest BCUT2D eigenvalue weighted by atomic mass is 16.5. The molecular weight excluding hydrogens is 282 g/mol. The quantitative estimate of drug-likeness (QED) is 0.889. The first-order valence-electron chi connectivity index (χ1n) is 6.79. The lowest BCUT2D eigenvalue weighted by Crippen LogP contribution is -2.10. The minimum atomic E-state index is -1.02. The van der Waals surface area contributed by atoms with Gasteiger partial charge in [0.25, 0.3) is 0 Å². The number of anilines is 1. The maximum atomic E-state index is 11.0. The van der Waals surface area contributed by atoms with Gasteiger partial charge in [0.15, 0.2) is 6.61 Å². The van der Waals surface area contributed by atoms with Crippen LogP contribution in [0.5, 0.6) is 5.75 Å². The van der Waals surface area contributed by atoms with Crippen LogP contribution in [-0.2, 0) is 9.59 Å². The average molecular weight is 299 g/mol. The lowest BCUT2D eigenvalue weighted by Gasteiger charge is -2.12. The molecule has 5 nitrogen and oxygen atoms in total. The summed E-state index contributed by atoms with van der Waals surface area (Å²) >= 11 is 0. The molecule has 0 heterocycles. The SMILES string of the molecule is CC(=O)Nc1ccc(-c2cc(C)ccc2OCC(=O)O)cc1. The molecule has 0 unspecified atom stereocenters. The Kier molecular flexibility index (Phi) is 4.78. The van der Waals surface area contributed by atoms with Gasteiger partial charge < -0.3 is 15.2 Å². The molecule has 5 heteroatoms. The van der Waals surface area contributed by atoms with E-state index in [0.29, 0.717) is 11.4 Å². The van der Waals surface area contributed by atoms with Gasteiger partial charge in [-0.2, -0.15) is 0 Å². The summed E-state index contributed by atoms with van der Waals surface area (Å²) in [7, 11) is 0. The smallest absolute Gasteiger partial charge is 0.341 e. The Morgan fingerprint density at radius 2 is 1.82 bits per heavy atom. The number of rotatable bonds is 5. The van der Waals surface area contributed by atoms with Gasteiger partial charge in [-0.1, -0.05) is 23.8 Å². The normalized spacial score (nSPS) is 10.1. The van der Waals surface area contributed by atoms with Gasteiger partial charge in [-0.25, -0.2) is 4.79 Å². The zero-order valence-corrected chi connectivity index (χ0v) is 12.4. The number of amides is 1. The van der Waals surface area contributed by atoms with Crippen LogP contribution in [0.4, 0.5) is 5.69 Å². The second-order valence-corrected chi connectivity index (χ2v) is 4.94. The molecule has 2 aromatic rings. The van der Waals surface area contributed by atoms with Crippen molar-refractivity contribution in [2.45, 2.75) is 13.8 Å². The third-order valence-electron chi connectivity index (χ3n) is 3.00. The number of ether oxygens (including phenoxy) is 1. The summed E-state index contributed by atoms with van der Waals surface area (Å²) in [6, 6.07) is 12.9. The second-order valence-electron chi connectivity index (χ2n) is 4.94. The van der Waals surface area contributed by atoms with Crippen molar-refractivity contribution in [3.8, 4) is 16.9 Å². The van der Waals surface area contributed by atoms with E-state index in [1.54, 1.807) is 18.2 Å². The van der Waals surface area contributed by atoms with Crippen LogP contribution in [-0.4, -0.2) is 23.6 Å². The maximum absolute atomic E-state index is 11.0. The summed E-state index contributed by atoms with van der Waals surface area (Å²) in [5.74, 6) is -0.637. The minimum absolute atomic E-state index is 0.131. The first-order valence-corrected chi connectivity index (χ1v) is 6.79. The van der Waals surface area contributed by atoms with Gasteiger partial charge in [0.2, 0.25) is 5.91 Å². The number of carbonyl (C=O) groups excluding carboxylic acids is 1. The molecule has 0 aromatic heterocycles. The fourth-order valence-corrected chi connectivity index (χ4v) is 2.07. The number of aliphatic carboxylic acids is 1. The second kappa shape index (κ2) is 6.76. The van der Waals surface area contributed by atoms with Crippen molar-refractivity contribution in [1.82, 2.24) is 0 Å². The molecule has 2 aromatic carbocycles. The minimum Gasteiger partial charge on any atom is -0.481 e. The Balaban J connectivity index is 2.31. The Morgan fingerprint density at radius 1 is 1.14 bits per heavy atom. The number of carbonyl (C=O) groups is 2. The zero-order valence-electron chi connectivity index (χ0n) is 12.4. The van der Waals surface area contributed by atoms with E-state index in [2.05, 4.69) is 5.32 Å². The summed E-state index contributed by atoms with van der Waals surface area (Å²) in [5.41, 5.74) is 3.45. The molecule has 114 valence electrons. The number of nitrogens with one attached hydrogen (secondary N) is 1. The monoisotopic (exact) mass is 299 g/mol. The number of carboxylic acids is 1. The van der Waals surface area contributed by atoms with Crippen LogP contribution in [0.1, 0.15) is 12.5 Å². The van der Waals surface area contributed by atoms with E-state index >= 15 is 0 Å². The van der Waals surface area contributed by atoms with Crippen molar-refractivity contribution in [3.63, 3.8) is 0 Å². The Bertz CT molecular complexity index is 692. The van der Waals surface area contributed by atoms with Crippen LogP contribution in [0.15, 0.2) is 42.5 Å². The van der Waals surface area contributed by atoms with Crippen molar-refractivity contribution < 1.29 is 19.4 Å². The van der Waals surface area contributed by atoms with Crippen LogP contribution in [0.3, 0.4) is 0 Å². The average Bonchev–Trinajstić information content (AvgIpc) is 2.46. The summed E-state index contributed by atoms with van der Waals surface area (Å²) in [5, 5.41) is 11.4. The largest absolute Gasteiger partial charge is 0.481 e. The van der Waals surface area contributed by atoms with Crippen molar-refractivity contribution in [2.75, 3.05) is 11.9 Å². The number of hydrogen-bond acceptors (Lipinski definition) is 3. The van der Waals surface area contributed by atoms with Crippen molar-refractivity contribution in [2.24, 2.45) is 0 Å². The van der Waals surface area contributed by atoms with E-state index in [-0.39, 0.29) is 12.5 Å². The molecule has 0 spiro atoms. The van der Waals surface area contributed by atoms with Gasteiger partial charge >= 0.3 is 5.97 Å². The van der Waals surface area contributed by atoms with Crippen LogP contribution in [0.2, 0.25) is 0 Å². The predicted molar refractivity (Wildman–Crippen MR) is 84.0 cm³/mol. The molecule has 0 fully saturated rings. The Hall–Kier alpha value is -2.82. The fraction of sp³-hybridized carbons (Fsp3) is 0.176. The summed E-state index contributed by atoms with van der Waals surface area (Å²) in [4.78, 5) is 21.7. The van der Waals surface area contributed by atoms with Crippen molar-refractivity contribution >= 4 is 17.6 Å². The molecule has 1 amide bonds. The molecule has 0 aliphatic carbocycles. The molecule has 22 heavy (non-hydrogen) atoms. The van der Waals surface area contributed by atoms with Gasteiger partial charge in [0.05, 0.1) is 0 Å². The fourth-order valence-electron chi connectivity index (χ4n) is 2.07. The van der Waals surface area contributed by atoms with E-state index < -0.39 is 5.97 Å². The lowest BCUT2D eigenvalue weighted by molar-refractivity contribution is -0.139. The summed E-state index contributed by atoms with van der Waals surface area (Å²) in [6.07, 6.45) is 0. The van der Waals surface area contributed by atoms with Crippen LogP contribution >= 0.6 is 0 Å². The van der Waals surface area contributed by atoms with Crippen molar-refractivity contribution in [1.29, 1.82) is 0 Å².